The van der Waals surface area contributed by atoms with Crippen LogP contribution >= 0.6 is 11.8 Å². The number of hydrogen-bond acceptors (Lipinski definition) is 6. The Morgan fingerprint density at radius 3 is 2.18 bits per heavy atom. The van der Waals surface area contributed by atoms with E-state index in [1.807, 2.05) is 0 Å². The molecule has 5 unspecified atom stereocenters. The van der Waals surface area contributed by atoms with E-state index < -0.39 is 0 Å². The molecule has 162 valence electrons. The van der Waals surface area contributed by atoms with Gasteiger partial charge in [0.05, 0.1) is 13.2 Å². The van der Waals surface area contributed by atoms with Crippen LogP contribution in [-0.2, 0) is 4.74 Å². The summed E-state index contributed by atoms with van der Waals surface area (Å²) in [7, 11) is 0. The maximum Gasteiger partial charge on any atom is 0.153 e. The van der Waals surface area contributed by atoms with Gasteiger partial charge in [0.15, 0.2) is 5.79 Å². The SMILES string of the molecule is CC1CC(C)CN(C2(N3C(C)CCCC3C)CSCCN2N2CCOCC2)C1. The third-order valence-electron chi connectivity index (χ3n) is 7.47. The predicted molar refractivity (Wildman–Crippen MR) is 118 cm³/mol. The highest BCUT2D eigenvalue weighted by Crippen LogP contribution is 2.43. The number of rotatable bonds is 3. The van der Waals surface area contributed by atoms with E-state index in [0.29, 0.717) is 12.1 Å². The van der Waals surface area contributed by atoms with Gasteiger partial charge >= 0.3 is 0 Å². The zero-order valence-electron chi connectivity index (χ0n) is 18.6. The first-order valence-corrected chi connectivity index (χ1v) is 12.9. The van der Waals surface area contributed by atoms with Crippen LogP contribution in [0.15, 0.2) is 0 Å². The Bertz CT molecular complexity index is 497. The highest BCUT2D eigenvalue weighted by Gasteiger charge is 2.55. The minimum absolute atomic E-state index is 0.0302. The van der Waals surface area contributed by atoms with Gasteiger partial charge < -0.3 is 4.74 Å². The summed E-state index contributed by atoms with van der Waals surface area (Å²) < 4.78 is 5.73. The maximum absolute atomic E-state index is 5.73. The Morgan fingerprint density at radius 1 is 0.893 bits per heavy atom. The highest BCUT2D eigenvalue weighted by atomic mass is 32.2. The third kappa shape index (κ3) is 4.02. The van der Waals surface area contributed by atoms with Gasteiger partial charge in [0, 0.05) is 56.3 Å². The predicted octanol–water partition coefficient (Wildman–Crippen LogP) is 3.18. The zero-order valence-corrected chi connectivity index (χ0v) is 19.4. The van der Waals surface area contributed by atoms with E-state index in [9.17, 15) is 0 Å². The van der Waals surface area contributed by atoms with Crippen molar-refractivity contribution in [3.05, 3.63) is 0 Å². The minimum Gasteiger partial charge on any atom is -0.379 e. The van der Waals surface area contributed by atoms with Gasteiger partial charge in [-0.2, -0.15) is 11.8 Å². The molecule has 5 atom stereocenters. The van der Waals surface area contributed by atoms with Crippen LogP contribution in [0, 0.1) is 11.8 Å². The van der Waals surface area contributed by atoms with Crippen LogP contribution in [0.3, 0.4) is 0 Å². The van der Waals surface area contributed by atoms with Crippen molar-refractivity contribution >= 4 is 11.8 Å². The lowest BCUT2D eigenvalue weighted by atomic mass is 9.89. The number of likely N-dealkylation sites (tertiary alicyclic amines) is 2. The summed E-state index contributed by atoms with van der Waals surface area (Å²) in [4.78, 5) is 5.86. The molecule has 0 radical (unpaired) electrons. The molecule has 4 saturated heterocycles. The van der Waals surface area contributed by atoms with Gasteiger partial charge in [-0.1, -0.05) is 20.3 Å². The van der Waals surface area contributed by atoms with Crippen LogP contribution in [0.2, 0.25) is 0 Å². The van der Waals surface area contributed by atoms with Crippen molar-refractivity contribution in [3.8, 4) is 0 Å². The average Bonchev–Trinajstić information content (AvgIpc) is 2.68. The molecule has 4 rings (SSSR count). The summed E-state index contributed by atoms with van der Waals surface area (Å²) in [6.07, 6.45) is 5.44. The lowest BCUT2D eigenvalue weighted by Crippen LogP contribution is -2.80. The van der Waals surface area contributed by atoms with E-state index in [1.54, 1.807) is 0 Å². The number of piperidine rings is 2. The van der Waals surface area contributed by atoms with Crippen molar-refractivity contribution < 1.29 is 4.74 Å². The van der Waals surface area contributed by atoms with Gasteiger partial charge in [0.25, 0.3) is 0 Å². The van der Waals surface area contributed by atoms with Crippen molar-refractivity contribution in [1.29, 1.82) is 0 Å². The molecule has 0 aromatic carbocycles. The summed E-state index contributed by atoms with van der Waals surface area (Å²) in [5.74, 6) is 4.05. The first kappa shape index (κ1) is 21.4. The van der Waals surface area contributed by atoms with Crippen molar-refractivity contribution in [2.45, 2.75) is 71.2 Å². The lowest BCUT2D eigenvalue weighted by molar-refractivity contribution is -0.276. The van der Waals surface area contributed by atoms with E-state index in [0.717, 1.165) is 38.1 Å². The zero-order chi connectivity index (χ0) is 19.7. The second-order valence-electron chi connectivity index (χ2n) is 9.90. The van der Waals surface area contributed by atoms with Gasteiger partial charge in [-0.25, -0.2) is 10.0 Å². The normalized spacial score (nSPS) is 43.3. The monoisotopic (exact) mass is 410 g/mol. The Morgan fingerprint density at radius 2 is 1.54 bits per heavy atom. The molecule has 4 heterocycles. The van der Waals surface area contributed by atoms with E-state index in [4.69, 9.17) is 4.74 Å². The van der Waals surface area contributed by atoms with E-state index in [-0.39, 0.29) is 5.79 Å². The number of ether oxygens (including phenoxy) is 1. The van der Waals surface area contributed by atoms with Gasteiger partial charge in [-0.05, 0) is 44.9 Å². The molecule has 0 saturated carbocycles. The lowest BCUT2D eigenvalue weighted by Gasteiger charge is -2.65. The minimum atomic E-state index is 0.0302. The Labute approximate surface area is 177 Å². The number of morpholine rings is 1. The van der Waals surface area contributed by atoms with Gasteiger partial charge in [-0.15, -0.1) is 0 Å². The Hall–Kier alpha value is 0.150. The molecule has 6 heteroatoms. The molecule has 0 N–H and O–H groups in total. The molecule has 4 aliphatic rings. The smallest absolute Gasteiger partial charge is 0.153 e. The van der Waals surface area contributed by atoms with Crippen molar-refractivity contribution in [2.75, 3.05) is 57.4 Å². The summed E-state index contributed by atoms with van der Waals surface area (Å²) >= 11 is 2.18. The van der Waals surface area contributed by atoms with Crippen LogP contribution in [0.4, 0.5) is 0 Å². The number of nitrogens with zero attached hydrogens (tertiary/aromatic N) is 4. The van der Waals surface area contributed by atoms with Crippen LogP contribution < -0.4 is 0 Å². The van der Waals surface area contributed by atoms with Crippen LogP contribution in [0.25, 0.3) is 0 Å². The fourth-order valence-electron chi connectivity index (χ4n) is 6.48. The first-order chi connectivity index (χ1) is 13.5. The first-order valence-electron chi connectivity index (χ1n) is 11.7. The van der Waals surface area contributed by atoms with E-state index in [1.165, 1.54) is 56.8 Å². The second-order valence-corrected chi connectivity index (χ2v) is 11.0. The molecule has 4 aliphatic heterocycles. The van der Waals surface area contributed by atoms with Gasteiger partial charge in [-0.3, -0.25) is 9.80 Å². The Balaban J connectivity index is 1.74. The fraction of sp³-hybridized carbons (Fsp3) is 1.00. The summed E-state index contributed by atoms with van der Waals surface area (Å²) in [6.45, 7) is 17.4. The molecule has 0 aromatic rings. The standard InChI is InChI=1S/C22H42N4OS/c1-18-14-19(2)16-23(15-18)22(26-20(3)6-5-7-21(26)4)17-28-13-10-25(22)24-8-11-27-12-9-24/h18-21H,5-17H2,1-4H3. The van der Waals surface area contributed by atoms with E-state index in [2.05, 4.69) is 59.3 Å². The molecule has 4 fully saturated rings. The van der Waals surface area contributed by atoms with E-state index >= 15 is 0 Å². The largest absolute Gasteiger partial charge is 0.379 e. The van der Waals surface area contributed by atoms with Crippen molar-refractivity contribution in [1.82, 2.24) is 19.8 Å². The highest BCUT2D eigenvalue weighted by molar-refractivity contribution is 7.99. The summed E-state index contributed by atoms with van der Waals surface area (Å²) in [6, 6.07) is 1.30. The molecule has 0 amide bonds. The van der Waals surface area contributed by atoms with Gasteiger partial charge in [0.2, 0.25) is 0 Å². The topological polar surface area (TPSA) is 22.2 Å². The molecule has 0 spiro atoms. The summed E-state index contributed by atoms with van der Waals surface area (Å²) in [5.41, 5.74) is 0. The molecular weight excluding hydrogens is 368 g/mol. The van der Waals surface area contributed by atoms with Crippen molar-refractivity contribution in [2.24, 2.45) is 11.8 Å². The van der Waals surface area contributed by atoms with Crippen LogP contribution in [0.1, 0.15) is 53.4 Å². The number of hydrazine groups is 1. The number of thioether (sulfide) groups is 1. The maximum atomic E-state index is 5.73. The Kier molecular flexibility index (Phi) is 6.96. The third-order valence-corrected chi connectivity index (χ3v) is 8.53. The van der Waals surface area contributed by atoms with Crippen LogP contribution in [0.5, 0.6) is 0 Å². The molecule has 0 bridgehead atoms. The molecule has 5 nitrogen and oxygen atoms in total. The molecule has 28 heavy (non-hydrogen) atoms. The van der Waals surface area contributed by atoms with Crippen LogP contribution in [-0.4, -0.2) is 95.1 Å². The average molecular weight is 411 g/mol. The summed E-state index contributed by atoms with van der Waals surface area (Å²) in [5, 5.41) is 5.47. The van der Waals surface area contributed by atoms with Gasteiger partial charge in [0.1, 0.15) is 0 Å². The fourth-order valence-corrected chi connectivity index (χ4v) is 7.69. The molecule has 0 aliphatic carbocycles. The molecular formula is C22H42N4OS. The second kappa shape index (κ2) is 9.11. The van der Waals surface area contributed by atoms with Crippen molar-refractivity contribution in [3.63, 3.8) is 0 Å². The quantitative estimate of drug-likeness (QED) is 0.708. The molecule has 0 aromatic heterocycles. The number of hydrogen-bond donors (Lipinski definition) is 0.